The molecule has 1 N–H and O–H groups in total. The van der Waals surface area contributed by atoms with E-state index in [2.05, 4.69) is 24.4 Å². The molecule has 0 spiro atoms. The molecule has 0 saturated carbocycles. The third-order valence-electron chi connectivity index (χ3n) is 3.34. The molecule has 3 heteroatoms. The molecule has 1 aromatic carbocycles. The highest BCUT2D eigenvalue weighted by Gasteiger charge is 2.26. The number of ether oxygens (including phenoxy) is 1. The summed E-state index contributed by atoms with van der Waals surface area (Å²) in [5, 5.41) is 3.46. The van der Waals surface area contributed by atoms with E-state index in [1.807, 2.05) is 52.8 Å². The zero-order valence-electron chi connectivity index (χ0n) is 13.4. The molecule has 1 rings (SSSR count). The zero-order valence-corrected chi connectivity index (χ0v) is 13.4. The third-order valence-corrected chi connectivity index (χ3v) is 3.34. The van der Waals surface area contributed by atoms with Gasteiger partial charge >= 0.3 is 5.97 Å². The predicted molar refractivity (Wildman–Crippen MR) is 82.5 cm³/mol. The summed E-state index contributed by atoms with van der Waals surface area (Å²) < 4.78 is 5.43. The van der Waals surface area contributed by atoms with Gasteiger partial charge in [-0.1, -0.05) is 37.3 Å². The van der Waals surface area contributed by atoms with Crippen molar-refractivity contribution in [3.05, 3.63) is 35.9 Å². The summed E-state index contributed by atoms with van der Waals surface area (Å²) in [6, 6.07) is 10.5. The first kappa shape index (κ1) is 16.7. The maximum atomic E-state index is 12.1. The monoisotopic (exact) mass is 277 g/mol. The fraction of sp³-hybridized carbons (Fsp3) is 0.588. The van der Waals surface area contributed by atoms with Crippen molar-refractivity contribution in [1.82, 2.24) is 5.32 Å². The number of carbonyl (C=O) groups excluding carboxylic acids is 1. The highest BCUT2D eigenvalue weighted by molar-refractivity contribution is 5.73. The number of nitrogens with one attached hydrogen (secondary N) is 1. The quantitative estimate of drug-likeness (QED) is 0.834. The Balaban J connectivity index is 2.57. The Labute approximate surface area is 122 Å². The van der Waals surface area contributed by atoms with Gasteiger partial charge in [0.1, 0.15) is 5.60 Å². The van der Waals surface area contributed by atoms with Crippen LogP contribution in [0.5, 0.6) is 0 Å². The van der Waals surface area contributed by atoms with E-state index >= 15 is 0 Å². The SMILES string of the molecule is CC(NC(C)C(C)C(=O)OC(C)(C)C)c1ccccc1. The van der Waals surface area contributed by atoms with Gasteiger partial charge in [-0.25, -0.2) is 0 Å². The second-order valence-corrected chi connectivity index (χ2v) is 6.41. The maximum absolute atomic E-state index is 12.1. The fourth-order valence-corrected chi connectivity index (χ4v) is 1.98. The van der Waals surface area contributed by atoms with Crippen LogP contribution in [0, 0.1) is 5.92 Å². The molecule has 3 atom stereocenters. The summed E-state index contributed by atoms with van der Waals surface area (Å²) in [6.45, 7) is 11.7. The minimum Gasteiger partial charge on any atom is -0.460 e. The van der Waals surface area contributed by atoms with E-state index in [9.17, 15) is 4.79 Å². The standard InChI is InChI=1S/C17H27NO2/c1-12(16(19)20-17(4,5)6)13(2)18-14(3)15-10-8-7-9-11-15/h7-14,18H,1-6H3. The molecule has 0 heterocycles. The van der Waals surface area contributed by atoms with Gasteiger partial charge in [0, 0.05) is 12.1 Å². The lowest BCUT2D eigenvalue weighted by Gasteiger charge is -2.27. The van der Waals surface area contributed by atoms with Crippen LogP contribution in [0.4, 0.5) is 0 Å². The van der Waals surface area contributed by atoms with Gasteiger partial charge in [0.15, 0.2) is 0 Å². The number of benzene rings is 1. The van der Waals surface area contributed by atoms with Crippen LogP contribution in [0.15, 0.2) is 30.3 Å². The molecule has 1 aromatic rings. The average molecular weight is 277 g/mol. The van der Waals surface area contributed by atoms with Crippen molar-refractivity contribution in [1.29, 1.82) is 0 Å². The first-order valence-electron chi connectivity index (χ1n) is 7.24. The summed E-state index contributed by atoms with van der Waals surface area (Å²) in [4.78, 5) is 12.1. The molecule has 0 bridgehead atoms. The van der Waals surface area contributed by atoms with Gasteiger partial charge in [-0.15, -0.1) is 0 Å². The molecular formula is C17H27NO2. The smallest absolute Gasteiger partial charge is 0.310 e. The lowest BCUT2D eigenvalue weighted by atomic mass is 10.0. The number of hydrogen-bond acceptors (Lipinski definition) is 3. The summed E-state index contributed by atoms with van der Waals surface area (Å²) in [6.07, 6.45) is 0. The van der Waals surface area contributed by atoms with Crippen LogP contribution in [-0.4, -0.2) is 17.6 Å². The third kappa shape index (κ3) is 5.33. The molecule has 0 aliphatic heterocycles. The normalized spacial score (nSPS) is 16.3. The first-order chi connectivity index (χ1) is 9.20. The predicted octanol–water partition coefficient (Wildman–Crippen LogP) is 3.70. The highest BCUT2D eigenvalue weighted by atomic mass is 16.6. The summed E-state index contributed by atoms with van der Waals surface area (Å²) in [7, 11) is 0. The summed E-state index contributed by atoms with van der Waals surface area (Å²) in [5.41, 5.74) is 0.784. The molecule has 0 amide bonds. The zero-order chi connectivity index (χ0) is 15.3. The van der Waals surface area contributed by atoms with Crippen molar-refractivity contribution in [2.24, 2.45) is 5.92 Å². The van der Waals surface area contributed by atoms with Gasteiger partial charge in [-0.2, -0.15) is 0 Å². The largest absolute Gasteiger partial charge is 0.460 e. The molecular weight excluding hydrogens is 250 g/mol. The molecule has 0 aliphatic rings. The van der Waals surface area contributed by atoms with Crippen molar-refractivity contribution in [2.75, 3.05) is 0 Å². The number of rotatable bonds is 5. The second kappa shape index (κ2) is 6.89. The van der Waals surface area contributed by atoms with Crippen molar-refractivity contribution < 1.29 is 9.53 Å². The molecule has 112 valence electrons. The van der Waals surface area contributed by atoms with Crippen molar-refractivity contribution in [3.8, 4) is 0 Å². The van der Waals surface area contributed by atoms with Gasteiger partial charge in [0.05, 0.1) is 5.92 Å². The van der Waals surface area contributed by atoms with Crippen LogP contribution in [0.1, 0.15) is 53.1 Å². The van der Waals surface area contributed by atoms with E-state index in [0.29, 0.717) is 0 Å². The van der Waals surface area contributed by atoms with Gasteiger partial charge < -0.3 is 10.1 Å². The van der Waals surface area contributed by atoms with Crippen molar-refractivity contribution >= 4 is 5.97 Å². The number of carbonyl (C=O) groups is 1. The lowest BCUT2D eigenvalue weighted by molar-refractivity contribution is -0.160. The second-order valence-electron chi connectivity index (χ2n) is 6.41. The molecule has 0 radical (unpaired) electrons. The van der Waals surface area contributed by atoms with Crippen LogP contribution in [0.25, 0.3) is 0 Å². The van der Waals surface area contributed by atoms with Crippen LogP contribution in [0.3, 0.4) is 0 Å². The first-order valence-corrected chi connectivity index (χ1v) is 7.24. The Morgan fingerprint density at radius 2 is 1.65 bits per heavy atom. The topological polar surface area (TPSA) is 38.3 Å². The molecule has 0 aromatic heterocycles. The number of hydrogen-bond donors (Lipinski definition) is 1. The molecule has 0 aliphatic carbocycles. The fourth-order valence-electron chi connectivity index (χ4n) is 1.98. The number of esters is 1. The van der Waals surface area contributed by atoms with E-state index < -0.39 is 5.60 Å². The summed E-state index contributed by atoms with van der Waals surface area (Å²) >= 11 is 0. The van der Waals surface area contributed by atoms with E-state index in [1.165, 1.54) is 5.56 Å². The maximum Gasteiger partial charge on any atom is 0.310 e. The molecule has 0 saturated heterocycles. The Kier molecular flexibility index (Phi) is 5.75. The van der Waals surface area contributed by atoms with Gasteiger partial charge in [0.25, 0.3) is 0 Å². The minimum absolute atomic E-state index is 0.0556. The van der Waals surface area contributed by atoms with Crippen molar-refractivity contribution in [3.63, 3.8) is 0 Å². The van der Waals surface area contributed by atoms with Gasteiger partial charge in [-0.3, -0.25) is 4.79 Å². The Morgan fingerprint density at radius 3 is 2.15 bits per heavy atom. The Morgan fingerprint density at radius 1 is 1.10 bits per heavy atom. The van der Waals surface area contributed by atoms with Crippen molar-refractivity contribution in [2.45, 2.75) is 59.2 Å². The molecule has 20 heavy (non-hydrogen) atoms. The van der Waals surface area contributed by atoms with Crippen LogP contribution in [0.2, 0.25) is 0 Å². The van der Waals surface area contributed by atoms with E-state index in [0.717, 1.165) is 0 Å². The van der Waals surface area contributed by atoms with E-state index in [1.54, 1.807) is 0 Å². The van der Waals surface area contributed by atoms with Crippen LogP contribution < -0.4 is 5.32 Å². The Hall–Kier alpha value is -1.35. The molecule has 3 nitrogen and oxygen atoms in total. The lowest BCUT2D eigenvalue weighted by Crippen LogP contribution is -2.40. The van der Waals surface area contributed by atoms with E-state index in [4.69, 9.17) is 4.74 Å². The molecule has 3 unspecified atom stereocenters. The van der Waals surface area contributed by atoms with E-state index in [-0.39, 0.29) is 24.0 Å². The van der Waals surface area contributed by atoms with Crippen LogP contribution in [-0.2, 0) is 9.53 Å². The van der Waals surface area contributed by atoms with Crippen LogP contribution >= 0.6 is 0 Å². The van der Waals surface area contributed by atoms with Gasteiger partial charge in [-0.05, 0) is 40.2 Å². The minimum atomic E-state index is -0.434. The van der Waals surface area contributed by atoms with Gasteiger partial charge in [0.2, 0.25) is 0 Å². The summed E-state index contributed by atoms with van der Waals surface area (Å²) in [5.74, 6) is -0.335. The average Bonchev–Trinajstić information content (AvgIpc) is 2.36. The Bertz CT molecular complexity index is 422. The molecule has 0 fully saturated rings. The highest BCUT2D eigenvalue weighted by Crippen LogP contribution is 2.17.